The van der Waals surface area contributed by atoms with Gasteiger partial charge in [0, 0.05) is 25.4 Å². The van der Waals surface area contributed by atoms with Gasteiger partial charge >= 0.3 is 0 Å². The van der Waals surface area contributed by atoms with Gasteiger partial charge in [-0.05, 0) is 23.8 Å². The van der Waals surface area contributed by atoms with Crippen molar-refractivity contribution in [2.24, 2.45) is 0 Å². The summed E-state index contributed by atoms with van der Waals surface area (Å²) < 4.78 is 10.7. The monoisotopic (exact) mass is 258 g/mol. The quantitative estimate of drug-likeness (QED) is 0.774. The molecule has 2 aromatic rings. The van der Waals surface area contributed by atoms with Gasteiger partial charge in [0.05, 0.1) is 7.11 Å². The van der Waals surface area contributed by atoms with Gasteiger partial charge in [-0.1, -0.05) is 18.2 Å². The fourth-order valence-electron chi connectivity index (χ4n) is 1.68. The summed E-state index contributed by atoms with van der Waals surface area (Å²) in [5.74, 6) is 1.54. The molecule has 2 rings (SSSR count). The van der Waals surface area contributed by atoms with E-state index in [0.717, 1.165) is 18.8 Å². The van der Waals surface area contributed by atoms with Crippen molar-refractivity contribution in [1.82, 2.24) is 10.3 Å². The molecule has 1 aromatic carbocycles. The lowest BCUT2D eigenvalue weighted by Crippen LogP contribution is -2.20. The third-order valence-electron chi connectivity index (χ3n) is 2.63. The number of methoxy groups -OCH3 is 1. The van der Waals surface area contributed by atoms with Gasteiger partial charge in [0.25, 0.3) is 0 Å². The van der Waals surface area contributed by atoms with Crippen LogP contribution in [0, 0.1) is 0 Å². The molecule has 0 aliphatic rings. The number of ether oxygens (including phenoxy) is 2. The van der Waals surface area contributed by atoms with E-state index in [1.165, 1.54) is 5.56 Å². The van der Waals surface area contributed by atoms with Crippen LogP contribution in [0.5, 0.6) is 11.6 Å². The predicted octanol–water partition coefficient (Wildman–Crippen LogP) is 2.26. The third-order valence-corrected chi connectivity index (χ3v) is 2.63. The highest BCUT2D eigenvalue weighted by Gasteiger charge is 1.96. The van der Waals surface area contributed by atoms with Gasteiger partial charge in [-0.2, -0.15) is 0 Å². The van der Waals surface area contributed by atoms with Gasteiger partial charge in [0.2, 0.25) is 5.88 Å². The molecule has 0 amide bonds. The van der Waals surface area contributed by atoms with E-state index in [9.17, 15) is 0 Å². The Kier molecular flexibility index (Phi) is 5.19. The first-order valence-corrected chi connectivity index (χ1v) is 6.26. The van der Waals surface area contributed by atoms with E-state index in [-0.39, 0.29) is 0 Å². The van der Waals surface area contributed by atoms with E-state index in [0.29, 0.717) is 12.5 Å². The SMILES string of the molecule is COc1cccc(CNCCOc2ccccn2)c1. The zero-order valence-corrected chi connectivity index (χ0v) is 11.0. The van der Waals surface area contributed by atoms with E-state index in [1.54, 1.807) is 13.3 Å². The van der Waals surface area contributed by atoms with E-state index < -0.39 is 0 Å². The van der Waals surface area contributed by atoms with Crippen molar-refractivity contribution in [2.75, 3.05) is 20.3 Å². The summed E-state index contributed by atoms with van der Waals surface area (Å²) in [5.41, 5.74) is 1.19. The summed E-state index contributed by atoms with van der Waals surface area (Å²) in [6.45, 7) is 2.16. The van der Waals surface area contributed by atoms with E-state index in [1.807, 2.05) is 36.4 Å². The van der Waals surface area contributed by atoms with Crippen LogP contribution in [-0.2, 0) is 6.54 Å². The molecule has 0 aliphatic carbocycles. The molecule has 0 saturated carbocycles. The topological polar surface area (TPSA) is 43.4 Å². The summed E-state index contributed by atoms with van der Waals surface area (Å²) in [4.78, 5) is 4.09. The van der Waals surface area contributed by atoms with E-state index in [4.69, 9.17) is 9.47 Å². The normalized spacial score (nSPS) is 10.2. The summed E-state index contributed by atoms with van der Waals surface area (Å²) in [6.07, 6.45) is 1.72. The minimum atomic E-state index is 0.598. The van der Waals surface area contributed by atoms with E-state index >= 15 is 0 Å². The highest BCUT2D eigenvalue weighted by atomic mass is 16.5. The van der Waals surface area contributed by atoms with Crippen LogP contribution in [0.25, 0.3) is 0 Å². The third kappa shape index (κ3) is 4.60. The lowest BCUT2D eigenvalue weighted by molar-refractivity contribution is 0.302. The zero-order valence-electron chi connectivity index (χ0n) is 11.0. The Morgan fingerprint density at radius 1 is 1.16 bits per heavy atom. The van der Waals surface area contributed by atoms with Crippen LogP contribution in [0.15, 0.2) is 48.7 Å². The second kappa shape index (κ2) is 7.38. The number of aromatic nitrogens is 1. The summed E-state index contributed by atoms with van der Waals surface area (Å²) >= 11 is 0. The lowest BCUT2D eigenvalue weighted by Gasteiger charge is -2.07. The van der Waals surface area contributed by atoms with Gasteiger partial charge in [-0.15, -0.1) is 0 Å². The highest BCUT2D eigenvalue weighted by Crippen LogP contribution is 2.11. The first-order chi connectivity index (χ1) is 9.38. The molecule has 0 spiro atoms. The zero-order chi connectivity index (χ0) is 13.3. The van der Waals surface area contributed by atoms with Crippen LogP contribution in [0.1, 0.15) is 5.56 Å². The molecule has 0 bridgehead atoms. The molecular weight excluding hydrogens is 240 g/mol. The average molecular weight is 258 g/mol. The summed E-state index contributed by atoms with van der Waals surface area (Å²) in [6, 6.07) is 13.6. The molecule has 100 valence electrons. The smallest absolute Gasteiger partial charge is 0.213 e. The lowest BCUT2D eigenvalue weighted by atomic mass is 10.2. The second-order valence-corrected chi connectivity index (χ2v) is 4.04. The summed E-state index contributed by atoms with van der Waals surface area (Å²) in [5, 5.41) is 3.31. The molecule has 4 heteroatoms. The Morgan fingerprint density at radius 2 is 2.11 bits per heavy atom. The minimum absolute atomic E-state index is 0.598. The van der Waals surface area contributed by atoms with Gasteiger partial charge in [-0.3, -0.25) is 0 Å². The molecule has 1 N–H and O–H groups in total. The van der Waals surface area contributed by atoms with Gasteiger partial charge in [0.1, 0.15) is 12.4 Å². The fraction of sp³-hybridized carbons (Fsp3) is 0.267. The first-order valence-electron chi connectivity index (χ1n) is 6.26. The number of rotatable bonds is 7. The van der Waals surface area contributed by atoms with Crippen molar-refractivity contribution in [1.29, 1.82) is 0 Å². The largest absolute Gasteiger partial charge is 0.497 e. The molecule has 19 heavy (non-hydrogen) atoms. The Labute approximate surface area is 113 Å². The van der Waals surface area contributed by atoms with Crippen molar-refractivity contribution in [2.45, 2.75) is 6.54 Å². The Morgan fingerprint density at radius 3 is 2.89 bits per heavy atom. The molecule has 1 aromatic heterocycles. The van der Waals surface area contributed by atoms with Crippen LogP contribution in [0.3, 0.4) is 0 Å². The van der Waals surface area contributed by atoms with Crippen molar-refractivity contribution in [3.63, 3.8) is 0 Å². The number of pyridine rings is 1. The van der Waals surface area contributed by atoms with Crippen LogP contribution in [0.4, 0.5) is 0 Å². The maximum atomic E-state index is 5.49. The highest BCUT2D eigenvalue weighted by molar-refractivity contribution is 5.28. The van der Waals surface area contributed by atoms with Crippen LogP contribution in [-0.4, -0.2) is 25.2 Å². The fourth-order valence-corrected chi connectivity index (χ4v) is 1.68. The number of nitrogens with one attached hydrogen (secondary N) is 1. The molecule has 0 unspecified atom stereocenters. The van der Waals surface area contributed by atoms with Crippen molar-refractivity contribution in [3.8, 4) is 11.6 Å². The Hall–Kier alpha value is -2.07. The first kappa shape index (κ1) is 13.4. The number of hydrogen-bond donors (Lipinski definition) is 1. The average Bonchev–Trinajstić information content (AvgIpc) is 2.48. The second-order valence-electron chi connectivity index (χ2n) is 4.04. The van der Waals surface area contributed by atoms with Crippen LogP contribution < -0.4 is 14.8 Å². The molecular formula is C15H18N2O2. The molecule has 0 atom stereocenters. The van der Waals surface area contributed by atoms with Crippen molar-refractivity contribution >= 4 is 0 Å². The standard InChI is InChI=1S/C15H18N2O2/c1-18-14-6-4-5-13(11-14)12-16-9-10-19-15-7-2-3-8-17-15/h2-8,11,16H,9-10,12H2,1H3. The molecule has 1 heterocycles. The number of nitrogens with zero attached hydrogens (tertiary/aromatic N) is 1. The molecule has 0 fully saturated rings. The molecule has 0 aliphatic heterocycles. The van der Waals surface area contributed by atoms with Crippen molar-refractivity contribution < 1.29 is 9.47 Å². The maximum Gasteiger partial charge on any atom is 0.213 e. The Balaban J connectivity index is 1.66. The maximum absolute atomic E-state index is 5.49. The van der Waals surface area contributed by atoms with Gasteiger partial charge in [-0.25, -0.2) is 4.98 Å². The number of hydrogen-bond acceptors (Lipinski definition) is 4. The van der Waals surface area contributed by atoms with Crippen molar-refractivity contribution in [3.05, 3.63) is 54.2 Å². The predicted molar refractivity (Wildman–Crippen MR) is 74.4 cm³/mol. The van der Waals surface area contributed by atoms with Crippen LogP contribution in [0.2, 0.25) is 0 Å². The Bertz CT molecular complexity index is 489. The van der Waals surface area contributed by atoms with E-state index in [2.05, 4.69) is 16.4 Å². The van der Waals surface area contributed by atoms with Gasteiger partial charge in [0.15, 0.2) is 0 Å². The van der Waals surface area contributed by atoms with Crippen LogP contribution >= 0.6 is 0 Å². The summed E-state index contributed by atoms with van der Waals surface area (Å²) in [7, 11) is 1.67. The number of benzene rings is 1. The molecule has 0 radical (unpaired) electrons. The minimum Gasteiger partial charge on any atom is -0.497 e. The molecule has 0 saturated heterocycles. The van der Waals surface area contributed by atoms with Gasteiger partial charge < -0.3 is 14.8 Å². The molecule has 4 nitrogen and oxygen atoms in total.